The molecule has 134 valence electrons. The minimum absolute atomic E-state index is 0.0973. The Balaban J connectivity index is 1.90. The number of rotatable bonds is 2. The summed E-state index contributed by atoms with van der Waals surface area (Å²) in [6.45, 7) is 6.07. The molecule has 0 amide bonds. The van der Waals surface area contributed by atoms with E-state index in [0.29, 0.717) is 5.92 Å². The third kappa shape index (κ3) is 3.14. The third-order valence-corrected chi connectivity index (χ3v) is 5.08. The van der Waals surface area contributed by atoms with Crippen LogP contribution in [0.1, 0.15) is 25.3 Å². The molecule has 0 unspecified atom stereocenters. The van der Waals surface area contributed by atoms with Crippen molar-refractivity contribution < 1.29 is 8.78 Å². The van der Waals surface area contributed by atoms with Gasteiger partial charge in [-0.3, -0.25) is 0 Å². The molecule has 1 saturated heterocycles. The Kier molecular flexibility index (Phi) is 4.31. The third-order valence-electron chi connectivity index (χ3n) is 5.08. The summed E-state index contributed by atoms with van der Waals surface area (Å²) < 4.78 is 28.0. The lowest BCUT2D eigenvalue weighted by Gasteiger charge is -2.32. The zero-order valence-electron chi connectivity index (χ0n) is 15.0. The zero-order chi connectivity index (χ0) is 18.3. The van der Waals surface area contributed by atoms with Crippen molar-refractivity contribution in [3.05, 3.63) is 53.6 Å². The van der Waals surface area contributed by atoms with Gasteiger partial charge in [0.25, 0.3) is 0 Å². The van der Waals surface area contributed by atoms with Crippen LogP contribution in [0.2, 0.25) is 0 Å². The van der Waals surface area contributed by atoms with Crippen molar-refractivity contribution in [2.24, 2.45) is 5.92 Å². The predicted octanol–water partition coefficient (Wildman–Crippen LogP) is 5.12. The standard InChI is InChI=1S/C21H21F2N3/c1-13-7-9-26(10-8-13)21-16-5-3-14(2)11-19(16)24-20(25-21)17-12-15(22)4-6-18(17)23/h3-6,11-13H,7-10H2,1-2H3. The first-order chi connectivity index (χ1) is 12.5. The summed E-state index contributed by atoms with van der Waals surface area (Å²) in [5.74, 6) is 0.718. The molecule has 2 heterocycles. The van der Waals surface area contributed by atoms with E-state index in [2.05, 4.69) is 21.8 Å². The van der Waals surface area contributed by atoms with E-state index < -0.39 is 11.6 Å². The number of fused-ring (bicyclic) bond motifs is 1. The molecule has 0 spiro atoms. The smallest absolute Gasteiger partial charge is 0.165 e. The maximum atomic E-state index is 14.3. The Bertz CT molecular complexity index is 963. The number of piperidine rings is 1. The van der Waals surface area contributed by atoms with E-state index >= 15 is 0 Å². The molecule has 1 aliphatic rings. The molecule has 1 fully saturated rings. The first-order valence-corrected chi connectivity index (χ1v) is 9.00. The zero-order valence-corrected chi connectivity index (χ0v) is 15.0. The minimum atomic E-state index is -0.517. The van der Waals surface area contributed by atoms with E-state index in [-0.39, 0.29) is 11.4 Å². The minimum Gasteiger partial charge on any atom is -0.356 e. The fourth-order valence-corrected chi connectivity index (χ4v) is 3.47. The molecule has 3 nitrogen and oxygen atoms in total. The largest absolute Gasteiger partial charge is 0.356 e. The van der Waals surface area contributed by atoms with Crippen LogP contribution in [0.15, 0.2) is 36.4 Å². The van der Waals surface area contributed by atoms with E-state index in [0.717, 1.165) is 66.4 Å². The highest BCUT2D eigenvalue weighted by atomic mass is 19.1. The SMILES string of the molecule is Cc1ccc2c(N3CCC(C)CC3)nc(-c3cc(F)ccc3F)nc2c1. The fraction of sp³-hybridized carbons (Fsp3) is 0.333. The summed E-state index contributed by atoms with van der Waals surface area (Å²) in [5, 5.41) is 0.950. The summed E-state index contributed by atoms with van der Waals surface area (Å²) in [6, 6.07) is 9.41. The number of hydrogen-bond acceptors (Lipinski definition) is 3. The second-order valence-electron chi connectivity index (χ2n) is 7.19. The molecule has 4 rings (SSSR count). The molecule has 0 saturated carbocycles. The van der Waals surface area contributed by atoms with Gasteiger partial charge >= 0.3 is 0 Å². The number of halogens is 2. The highest BCUT2D eigenvalue weighted by Crippen LogP contribution is 2.31. The number of aromatic nitrogens is 2. The number of aryl methyl sites for hydroxylation is 1. The summed E-state index contributed by atoms with van der Waals surface area (Å²) in [7, 11) is 0. The van der Waals surface area contributed by atoms with Crippen LogP contribution in [0.25, 0.3) is 22.3 Å². The molecule has 3 aromatic rings. The molecule has 0 atom stereocenters. The highest BCUT2D eigenvalue weighted by molar-refractivity contribution is 5.91. The number of hydrogen-bond donors (Lipinski definition) is 0. The van der Waals surface area contributed by atoms with Gasteiger partial charge in [0.15, 0.2) is 5.82 Å². The molecule has 2 aromatic carbocycles. The van der Waals surface area contributed by atoms with E-state index in [1.165, 1.54) is 0 Å². The van der Waals surface area contributed by atoms with Crippen molar-refractivity contribution in [2.45, 2.75) is 26.7 Å². The van der Waals surface area contributed by atoms with Crippen LogP contribution in [-0.2, 0) is 0 Å². The van der Waals surface area contributed by atoms with Crippen molar-refractivity contribution in [1.82, 2.24) is 9.97 Å². The average molecular weight is 353 g/mol. The van der Waals surface area contributed by atoms with Gasteiger partial charge in [-0.25, -0.2) is 18.7 Å². The quantitative estimate of drug-likeness (QED) is 0.640. The summed E-state index contributed by atoms with van der Waals surface area (Å²) in [6.07, 6.45) is 2.20. The highest BCUT2D eigenvalue weighted by Gasteiger charge is 2.21. The Hall–Kier alpha value is -2.56. The van der Waals surface area contributed by atoms with Gasteiger partial charge in [-0.2, -0.15) is 0 Å². The molecule has 0 N–H and O–H groups in total. The van der Waals surface area contributed by atoms with Gasteiger partial charge < -0.3 is 4.90 Å². The molecular weight excluding hydrogens is 332 g/mol. The Morgan fingerprint density at radius 2 is 1.77 bits per heavy atom. The summed E-state index contributed by atoms with van der Waals surface area (Å²) in [4.78, 5) is 11.4. The Morgan fingerprint density at radius 3 is 2.54 bits per heavy atom. The summed E-state index contributed by atoms with van der Waals surface area (Å²) in [5.41, 5.74) is 1.92. The second-order valence-corrected chi connectivity index (χ2v) is 7.19. The monoisotopic (exact) mass is 353 g/mol. The first kappa shape index (κ1) is 16.9. The van der Waals surface area contributed by atoms with Crippen LogP contribution in [0.4, 0.5) is 14.6 Å². The van der Waals surface area contributed by atoms with Crippen LogP contribution < -0.4 is 4.90 Å². The lowest BCUT2D eigenvalue weighted by Crippen LogP contribution is -2.33. The molecule has 5 heteroatoms. The fourth-order valence-electron chi connectivity index (χ4n) is 3.47. The maximum absolute atomic E-state index is 14.3. The van der Waals surface area contributed by atoms with Crippen LogP contribution in [0.3, 0.4) is 0 Å². The van der Waals surface area contributed by atoms with Crippen molar-refractivity contribution in [1.29, 1.82) is 0 Å². The van der Waals surface area contributed by atoms with Crippen LogP contribution >= 0.6 is 0 Å². The van der Waals surface area contributed by atoms with Crippen molar-refractivity contribution in [3.8, 4) is 11.4 Å². The van der Waals surface area contributed by atoms with Gasteiger partial charge in [0.05, 0.1) is 11.1 Å². The molecule has 0 radical (unpaired) electrons. The Labute approximate surface area is 151 Å². The lowest BCUT2D eigenvalue weighted by molar-refractivity contribution is 0.437. The van der Waals surface area contributed by atoms with E-state index in [9.17, 15) is 8.78 Å². The maximum Gasteiger partial charge on any atom is 0.165 e. The molecule has 1 aromatic heterocycles. The first-order valence-electron chi connectivity index (χ1n) is 9.00. The Morgan fingerprint density at radius 1 is 1.00 bits per heavy atom. The molecule has 0 bridgehead atoms. The molecule has 26 heavy (non-hydrogen) atoms. The topological polar surface area (TPSA) is 29.0 Å². The van der Waals surface area contributed by atoms with E-state index in [1.807, 2.05) is 25.1 Å². The lowest BCUT2D eigenvalue weighted by atomic mass is 9.99. The number of benzene rings is 2. The molecule has 0 aliphatic carbocycles. The average Bonchev–Trinajstić information content (AvgIpc) is 2.63. The van der Waals surface area contributed by atoms with Crippen molar-refractivity contribution >= 4 is 16.7 Å². The molecule has 1 aliphatic heterocycles. The van der Waals surface area contributed by atoms with Crippen molar-refractivity contribution in [3.63, 3.8) is 0 Å². The van der Waals surface area contributed by atoms with Gasteiger partial charge in [-0.05, 0) is 61.6 Å². The van der Waals surface area contributed by atoms with Gasteiger partial charge in [-0.1, -0.05) is 13.0 Å². The van der Waals surface area contributed by atoms with Crippen molar-refractivity contribution in [2.75, 3.05) is 18.0 Å². The van der Waals surface area contributed by atoms with Gasteiger partial charge in [-0.15, -0.1) is 0 Å². The van der Waals surface area contributed by atoms with Crippen LogP contribution in [0, 0.1) is 24.5 Å². The van der Waals surface area contributed by atoms with Gasteiger partial charge in [0, 0.05) is 18.5 Å². The van der Waals surface area contributed by atoms with Gasteiger partial charge in [0.1, 0.15) is 17.5 Å². The van der Waals surface area contributed by atoms with Crippen LogP contribution in [0.5, 0.6) is 0 Å². The summed E-state index contributed by atoms with van der Waals surface area (Å²) >= 11 is 0. The van der Waals surface area contributed by atoms with E-state index in [4.69, 9.17) is 0 Å². The normalized spacial score (nSPS) is 15.6. The number of anilines is 1. The van der Waals surface area contributed by atoms with E-state index in [1.54, 1.807) is 0 Å². The molecular formula is C21H21F2N3. The second kappa shape index (κ2) is 6.63. The number of nitrogens with zero attached hydrogens (tertiary/aromatic N) is 3. The predicted molar refractivity (Wildman–Crippen MR) is 100 cm³/mol. The van der Waals surface area contributed by atoms with Crippen LogP contribution in [-0.4, -0.2) is 23.1 Å². The van der Waals surface area contributed by atoms with Gasteiger partial charge in [0.2, 0.25) is 0 Å².